The number of amides is 2. The molecule has 0 bridgehead atoms. The molecule has 3 rings (SSSR count). The third-order valence-electron chi connectivity index (χ3n) is 4.12. The van der Waals surface area contributed by atoms with E-state index in [1.54, 1.807) is 0 Å². The Hall–Kier alpha value is -2.21. The molecule has 0 saturated heterocycles. The summed E-state index contributed by atoms with van der Waals surface area (Å²) in [5, 5.41) is 8.31. The van der Waals surface area contributed by atoms with Gasteiger partial charge in [-0.3, -0.25) is 9.59 Å². The minimum atomic E-state index is 0.0261. The quantitative estimate of drug-likeness (QED) is 0.828. The van der Waals surface area contributed by atoms with Crippen molar-refractivity contribution in [1.29, 1.82) is 0 Å². The Balaban J connectivity index is 1.62. The second kappa shape index (κ2) is 7.13. The number of anilines is 2. The molecule has 2 amide bonds. The second-order valence-corrected chi connectivity index (χ2v) is 7.08. The van der Waals surface area contributed by atoms with E-state index in [0.29, 0.717) is 17.5 Å². The maximum atomic E-state index is 11.9. The molecule has 2 aromatic rings. The summed E-state index contributed by atoms with van der Waals surface area (Å²) in [6.45, 7) is 4.06. The molecule has 5 nitrogen and oxygen atoms in total. The Morgan fingerprint density at radius 3 is 2.58 bits per heavy atom. The highest BCUT2D eigenvalue weighted by Gasteiger charge is 2.39. The van der Waals surface area contributed by atoms with Crippen LogP contribution in [0.15, 0.2) is 29.6 Å². The van der Waals surface area contributed by atoms with Crippen LogP contribution in [0.1, 0.15) is 33.1 Å². The molecule has 1 aromatic heterocycles. The molecule has 126 valence electrons. The second-order valence-electron chi connectivity index (χ2n) is 6.22. The van der Waals surface area contributed by atoms with Gasteiger partial charge in [-0.2, -0.15) is 0 Å². The molecule has 2 atom stereocenters. The van der Waals surface area contributed by atoms with E-state index in [1.165, 1.54) is 11.3 Å². The number of hydrogen-bond donors (Lipinski definition) is 2. The Morgan fingerprint density at radius 1 is 1.25 bits per heavy atom. The maximum absolute atomic E-state index is 11.9. The standard InChI is InChI=1S/C18H21N3O2S/c1-3-4-16(22)19-13-7-5-12(6-8-13)15-10-24-18(20-15)21-17(23)14-9-11(14)2/h5-8,10-11,14H,3-4,9H2,1-2H3,(H,19,22)(H,20,21,23)/t11-,14-/m1/s1. The molecule has 1 aromatic carbocycles. The zero-order chi connectivity index (χ0) is 17.1. The summed E-state index contributed by atoms with van der Waals surface area (Å²) in [4.78, 5) is 28.0. The topological polar surface area (TPSA) is 71.1 Å². The fourth-order valence-corrected chi connectivity index (χ4v) is 3.25. The molecule has 1 aliphatic carbocycles. The van der Waals surface area contributed by atoms with E-state index >= 15 is 0 Å². The van der Waals surface area contributed by atoms with Gasteiger partial charge in [-0.1, -0.05) is 26.0 Å². The smallest absolute Gasteiger partial charge is 0.229 e. The van der Waals surface area contributed by atoms with Crippen LogP contribution < -0.4 is 10.6 Å². The summed E-state index contributed by atoms with van der Waals surface area (Å²) in [7, 11) is 0. The van der Waals surface area contributed by atoms with Crippen molar-refractivity contribution >= 4 is 34.0 Å². The number of nitrogens with one attached hydrogen (secondary N) is 2. The fraction of sp³-hybridized carbons (Fsp3) is 0.389. The van der Waals surface area contributed by atoms with E-state index in [4.69, 9.17) is 0 Å². The van der Waals surface area contributed by atoms with Crippen molar-refractivity contribution in [2.45, 2.75) is 33.1 Å². The van der Waals surface area contributed by atoms with Crippen molar-refractivity contribution in [3.05, 3.63) is 29.6 Å². The number of rotatable bonds is 6. The Labute approximate surface area is 145 Å². The number of carbonyl (C=O) groups excluding carboxylic acids is 2. The van der Waals surface area contributed by atoms with Gasteiger partial charge in [-0.15, -0.1) is 11.3 Å². The van der Waals surface area contributed by atoms with Crippen LogP contribution in [0.3, 0.4) is 0 Å². The predicted octanol–water partition coefficient (Wildman–Crippen LogP) is 4.14. The van der Waals surface area contributed by atoms with E-state index in [9.17, 15) is 9.59 Å². The third kappa shape index (κ3) is 4.00. The number of benzene rings is 1. The lowest BCUT2D eigenvalue weighted by Gasteiger charge is -2.05. The highest BCUT2D eigenvalue weighted by molar-refractivity contribution is 7.14. The van der Waals surface area contributed by atoms with Gasteiger partial charge in [-0.05, 0) is 30.9 Å². The lowest BCUT2D eigenvalue weighted by atomic mass is 10.1. The van der Waals surface area contributed by atoms with E-state index in [2.05, 4.69) is 22.5 Å². The van der Waals surface area contributed by atoms with Gasteiger partial charge >= 0.3 is 0 Å². The van der Waals surface area contributed by atoms with Crippen LogP contribution in [-0.4, -0.2) is 16.8 Å². The lowest BCUT2D eigenvalue weighted by molar-refractivity contribution is -0.118. The van der Waals surface area contributed by atoms with E-state index in [0.717, 1.165) is 29.8 Å². The molecule has 6 heteroatoms. The van der Waals surface area contributed by atoms with E-state index < -0.39 is 0 Å². The zero-order valence-corrected chi connectivity index (χ0v) is 14.7. The fourth-order valence-electron chi connectivity index (χ4n) is 2.52. The highest BCUT2D eigenvalue weighted by Crippen LogP contribution is 2.38. The molecule has 0 spiro atoms. The number of hydrogen-bond acceptors (Lipinski definition) is 4. The van der Waals surface area contributed by atoms with Gasteiger partial charge in [0.1, 0.15) is 0 Å². The minimum absolute atomic E-state index is 0.0261. The molecular formula is C18H21N3O2S. The molecule has 0 radical (unpaired) electrons. The predicted molar refractivity (Wildman–Crippen MR) is 97.0 cm³/mol. The third-order valence-corrected chi connectivity index (χ3v) is 4.88. The first-order valence-corrected chi connectivity index (χ1v) is 9.11. The molecule has 1 saturated carbocycles. The number of carbonyl (C=O) groups is 2. The zero-order valence-electron chi connectivity index (χ0n) is 13.8. The van der Waals surface area contributed by atoms with Gasteiger partial charge in [0.2, 0.25) is 11.8 Å². The van der Waals surface area contributed by atoms with Gasteiger partial charge in [0, 0.05) is 29.0 Å². The van der Waals surface area contributed by atoms with Crippen LogP contribution >= 0.6 is 11.3 Å². The Kier molecular flexibility index (Phi) is 4.94. The molecular weight excluding hydrogens is 322 g/mol. The van der Waals surface area contributed by atoms with Crippen LogP contribution in [0.4, 0.5) is 10.8 Å². The summed E-state index contributed by atoms with van der Waals surface area (Å²) in [5.41, 5.74) is 2.56. The molecule has 2 N–H and O–H groups in total. The summed E-state index contributed by atoms with van der Waals surface area (Å²) < 4.78 is 0. The first-order chi connectivity index (χ1) is 11.6. The van der Waals surface area contributed by atoms with Gasteiger partial charge in [0.15, 0.2) is 5.13 Å². The van der Waals surface area contributed by atoms with E-state index in [-0.39, 0.29) is 17.7 Å². The summed E-state index contributed by atoms with van der Waals surface area (Å²) >= 11 is 1.43. The van der Waals surface area contributed by atoms with Gasteiger partial charge < -0.3 is 10.6 Å². The highest BCUT2D eigenvalue weighted by atomic mass is 32.1. The normalized spacial score (nSPS) is 18.9. The van der Waals surface area contributed by atoms with Crippen molar-refractivity contribution in [2.75, 3.05) is 10.6 Å². The van der Waals surface area contributed by atoms with E-state index in [1.807, 2.05) is 36.6 Å². The SMILES string of the molecule is CCCC(=O)Nc1ccc(-c2csc(NC(=O)[C@@H]3C[C@H]3C)n2)cc1. The van der Waals surface area contributed by atoms with Crippen LogP contribution in [0.25, 0.3) is 11.3 Å². The average molecular weight is 343 g/mol. The summed E-state index contributed by atoms with van der Waals surface area (Å²) in [6.07, 6.45) is 2.32. The van der Waals surface area contributed by atoms with Crippen LogP contribution in [-0.2, 0) is 9.59 Å². The summed E-state index contributed by atoms with van der Waals surface area (Å²) in [5.74, 6) is 0.721. The molecule has 1 aliphatic rings. The molecule has 1 fully saturated rings. The van der Waals surface area contributed by atoms with Crippen molar-refractivity contribution in [3.8, 4) is 11.3 Å². The number of aromatic nitrogens is 1. The van der Waals surface area contributed by atoms with Crippen molar-refractivity contribution in [2.24, 2.45) is 11.8 Å². The van der Waals surface area contributed by atoms with Crippen LogP contribution in [0.2, 0.25) is 0 Å². The summed E-state index contributed by atoms with van der Waals surface area (Å²) in [6, 6.07) is 7.58. The monoisotopic (exact) mass is 343 g/mol. The minimum Gasteiger partial charge on any atom is -0.326 e. The Bertz CT molecular complexity index is 739. The maximum Gasteiger partial charge on any atom is 0.229 e. The first-order valence-electron chi connectivity index (χ1n) is 8.23. The van der Waals surface area contributed by atoms with Gasteiger partial charge in [-0.25, -0.2) is 4.98 Å². The first kappa shape index (κ1) is 16.6. The van der Waals surface area contributed by atoms with Crippen LogP contribution in [0.5, 0.6) is 0 Å². The van der Waals surface area contributed by atoms with Crippen molar-refractivity contribution < 1.29 is 9.59 Å². The largest absolute Gasteiger partial charge is 0.326 e. The average Bonchev–Trinajstić information content (AvgIpc) is 3.11. The molecule has 0 aliphatic heterocycles. The molecule has 0 unspecified atom stereocenters. The number of nitrogens with zero attached hydrogens (tertiary/aromatic N) is 1. The Morgan fingerprint density at radius 2 is 1.96 bits per heavy atom. The molecule has 24 heavy (non-hydrogen) atoms. The van der Waals surface area contributed by atoms with Crippen molar-refractivity contribution in [1.82, 2.24) is 4.98 Å². The van der Waals surface area contributed by atoms with Crippen molar-refractivity contribution in [3.63, 3.8) is 0 Å². The van der Waals surface area contributed by atoms with Gasteiger partial charge in [0.05, 0.1) is 5.69 Å². The molecule has 1 heterocycles. The number of thiazole rings is 1. The van der Waals surface area contributed by atoms with Crippen LogP contribution in [0, 0.1) is 11.8 Å². The van der Waals surface area contributed by atoms with Gasteiger partial charge in [0.25, 0.3) is 0 Å². The lowest BCUT2D eigenvalue weighted by Crippen LogP contribution is -2.14.